The highest BCUT2D eigenvalue weighted by molar-refractivity contribution is 8.01. The molecule has 44 heavy (non-hydrogen) atoms. The summed E-state index contributed by atoms with van der Waals surface area (Å²) in [5, 5.41) is 20.3. The van der Waals surface area contributed by atoms with Gasteiger partial charge in [0.15, 0.2) is 0 Å². The smallest absolute Gasteiger partial charge is 0.238 e. The number of hydrogen-bond acceptors (Lipinski definition) is 8. The normalized spacial score (nSPS) is 20.1. The summed E-state index contributed by atoms with van der Waals surface area (Å²) in [5.41, 5.74) is 5.13. The molecule has 3 heterocycles. The van der Waals surface area contributed by atoms with Crippen LogP contribution in [0.1, 0.15) is 33.0 Å². The van der Waals surface area contributed by atoms with Crippen LogP contribution in [0.25, 0.3) is 0 Å². The minimum Gasteiger partial charge on any atom is -0.508 e. The van der Waals surface area contributed by atoms with Gasteiger partial charge in [0.2, 0.25) is 11.8 Å². The van der Waals surface area contributed by atoms with Crippen LogP contribution in [-0.4, -0.2) is 57.4 Å². The van der Waals surface area contributed by atoms with Crippen molar-refractivity contribution in [3.05, 3.63) is 119 Å². The summed E-state index contributed by atoms with van der Waals surface area (Å²) in [5.74, 6) is 2.05. The Labute approximate surface area is 264 Å². The molecule has 2 atom stereocenters. The van der Waals surface area contributed by atoms with Gasteiger partial charge in [-0.3, -0.25) is 24.4 Å². The second-order valence-corrected chi connectivity index (χ2v) is 12.9. The fourth-order valence-corrected chi connectivity index (χ4v) is 8.34. The van der Waals surface area contributed by atoms with Crippen molar-refractivity contribution < 1.29 is 19.8 Å². The Hall–Kier alpha value is -4.41. The highest BCUT2D eigenvalue weighted by atomic mass is 32.2. The Bertz CT molecular complexity index is 1750. The molecule has 0 aliphatic carbocycles. The lowest BCUT2D eigenvalue weighted by atomic mass is 10.1. The van der Waals surface area contributed by atoms with E-state index in [1.54, 1.807) is 34.1 Å². The maximum absolute atomic E-state index is 12.9. The average molecular weight is 623 g/mol. The number of carbonyl (C=O) groups excluding carboxylic acids is 2. The van der Waals surface area contributed by atoms with Crippen molar-refractivity contribution in [3.63, 3.8) is 0 Å². The summed E-state index contributed by atoms with van der Waals surface area (Å²) in [6, 6.07) is 30.3. The minimum absolute atomic E-state index is 0.0143. The second kappa shape index (κ2) is 11.9. The van der Waals surface area contributed by atoms with Crippen molar-refractivity contribution in [3.8, 4) is 11.5 Å². The molecule has 10 heteroatoms. The van der Waals surface area contributed by atoms with Gasteiger partial charge in [0, 0.05) is 41.2 Å². The van der Waals surface area contributed by atoms with Crippen LogP contribution < -0.4 is 9.80 Å². The minimum atomic E-state index is -0.277. The number of para-hydroxylation sites is 2. The van der Waals surface area contributed by atoms with Crippen molar-refractivity contribution in [2.45, 2.75) is 17.3 Å². The van der Waals surface area contributed by atoms with Crippen LogP contribution >= 0.6 is 23.5 Å². The van der Waals surface area contributed by atoms with Gasteiger partial charge in [-0.2, -0.15) is 0 Å². The summed E-state index contributed by atoms with van der Waals surface area (Å²) < 4.78 is 0. The molecule has 2 N–H and O–H groups in total. The van der Waals surface area contributed by atoms with E-state index in [2.05, 4.69) is 4.90 Å². The summed E-state index contributed by atoms with van der Waals surface area (Å²) >= 11 is 3.03. The topological polar surface area (TPSA) is 96.7 Å². The van der Waals surface area contributed by atoms with Gasteiger partial charge in [0.25, 0.3) is 0 Å². The van der Waals surface area contributed by atoms with Gasteiger partial charge in [-0.25, -0.2) is 0 Å². The van der Waals surface area contributed by atoms with Crippen molar-refractivity contribution in [1.29, 1.82) is 0 Å². The molecule has 3 aliphatic heterocycles. The number of aliphatic imine (C=N–C) groups is 1. The summed E-state index contributed by atoms with van der Waals surface area (Å²) in [6.45, 7) is 2.17. The molecule has 222 valence electrons. The van der Waals surface area contributed by atoms with Crippen molar-refractivity contribution in [2.75, 3.05) is 34.4 Å². The molecular formula is C34H30N4O4S2. The molecule has 2 saturated heterocycles. The maximum Gasteiger partial charge on any atom is 0.238 e. The number of hydrogen-bond donors (Lipinski definition) is 2. The highest BCUT2D eigenvalue weighted by Gasteiger charge is 2.36. The fourth-order valence-electron chi connectivity index (χ4n) is 5.92. The lowest BCUT2D eigenvalue weighted by Gasteiger charge is -2.26. The predicted octanol–water partition coefficient (Wildman–Crippen LogP) is 5.92. The van der Waals surface area contributed by atoms with E-state index in [4.69, 9.17) is 4.99 Å². The zero-order chi connectivity index (χ0) is 30.2. The zero-order valence-electron chi connectivity index (χ0n) is 23.7. The molecular weight excluding hydrogens is 593 g/mol. The lowest BCUT2D eigenvalue weighted by Crippen LogP contribution is -2.29. The van der Waals surface area contributed by atoms with E-state index < -0.39 is 0 Å². The Morgan fingerprint density at radius 1 is 0.682 bits per heavy atom. The number of aromatic hydroxyl groups is 2. The molecule has 0 aromatic heterocycles. The van der Waals surface area contributed by atoms with E-state index in [1.165, 1.54) is 23.5 Å². The van der Waals surface area contributed by atoms with Crippen LogP contribution in [0.4, 0.5) is 11.4 Å². The first-order valence-corrected chi connectivity index (χ1v) is 16.5. The molecule has 2 fully saturated rings. The van der Waals surface area contributed by atoms with E-state index in [-0.39, 0.29) is 34.1 Å². The van der Waals surface area contributed by atoms with Crippen LogP contribution in [0.3, 0.4) is 0 Å². The second-order valence-electron chi connectivity index (χ2n) is 10.8. The zero-order valence-corrected chi connectivity index (χ0v) is 25.4. The number of thioether (sulfide) groups is 2. The number of amidine groups is 1. The molecule has 4 aromatic carbocycles. The van der Waals surface area contributed by atoms with E-state index in [0.29, 0.717) is 24.6 Å². The van der Waals surface area contributed by atoms with E-state index >= 15 is 0 Å². The molecule has 4 aromatic rings. The predicted molar refractivity (Wildman–Crippen MR) is 176 cm³/mol. The van der Waals surface area contributed by atoms with Crippen LogP contribution in [0.5, 0.6) is 11.5 Å². The third-order valence-electron chi connectivity index (χ3n) is 8.06. The maximum atomic E-state index is 12.9. The van der Waals surface area contributed by atoms with E-state index in [0.717, 1.165) is 46.0 Å². The Balaban J connectivity index is 1.06. The molecule has 2 amide bonds. The summed E-state index contributed by atoms with van der Waals surface area (Å²) in [4.78, 5) is 36.2. The number of phenols is 2. The molecule has 0 radical (unpaired) electrons. The van der Waals surface area contributed by atoms with Gasteiger partial charge in [0.05, 0.1) is 18.1 Å². The third kappa shape index (κ3) is 5.28. The first-order chi connectivity index (χ1) is 21.5. The third-order valence-corrected chi connectivity index (χ3v) is 10.5. The Morgan fingerprint density at radius 3 is 1.70 bits per heavy atom. The van der Waals surface area contributed by atoms with Crippen LogP contribution in [0.15, 0.2) is 102 Å². The molecule has 3 aliphatic rings. The number of rotatable bonds is 7. The van der Waals surface area contributed by atoms with Crippen LogP contribution in [-0.2, 0) is 16.1 Å². The van der Waals surface area contributed by atoms with Crippen molar-refractivity contribution >= 4 is 52.5 Å². The van der Waals surface area contributed by atoms with E-state index in [9.17, 15) is 19.8 Å². The number of amides is 2. The Morgan fingerprint density at radius 2 is 1.18 bits per heavy atom. The van der Waals surface area contributed by atoms with Crippen LogP contribution in [0, 0.1) is 0 Å². The largest absolute Gasteiger partial charge is 0.508 e. The molecule has 0 bridgehead atoms. The molecule has 7 rings (SSSR count). The van der Waals surface area contributed by atoms with Gasteiger partial charge in [-0.05, 0) is 54.1 Å². The molecule has 0 saturated carbocycles. The molecule has 2 unspecified atom stereocenters. The quantitative estimate of drug-likeness (QED) is 0.264. The van der Waals surface area contributed by atoms with Crippen molar-refractivity contribution in [2.24, 2.45) is 4.99 Å². The highest BCUT2D eigenvalue weighted by Crippen LogP contribution is 2.45. The van der Waals surface area contributed by atoms with Gasteiger partial charge in [-0.15, -0.1) is 23.5 Å². The number of nitrogens with zero attached hydrogens (tertiary/aromatic N) is 4. The molecule has 0 spiro atoms. The monoisotopic (exact) mass is 622 g/mol. The van der Waals surface area contributed by atoms with Gasteiger partial charge in [0.1, 0.15) is 28.1 Å². The number of carbonyl (C=O) groups is 2. The Kier molecular flexibility index (Phi) is 7.69. The molecule has 8 nitrogen and oxygen atoms in total. The SMILES string of the molecule is O=C1CSC(c2ccccc2O)N1c1ccc(CN2CCN=C2c2ccc(N3C(=O)CSC3c3ccccc3O)cc2)cc1. The number of anilines is 2. The number of phenolic OH excluding ortho intramolecular Hbond substituents is 2. The summed E-state index contributed by atoms with van der Waals surface area (Å²) in [6.07, 6.45) is 0. The first-order valence-electron chi connectivity index (χ1n) is 14.4. The van der Waals surface area contributed by atoms with Crippen LogP contribution in [0.2, 0.25) is 0 Å². The standard InChI is InChI=1S/C34H30N4O4S2/c39-28-7-3-1-5-26(28)33-37(30(41)20-43-33)24-13-9-22(10-14-24)19-36-18-17-35-32(36)23-11-15-25(16-12-23)38-31(42)21-44-34(38)27-6-2-4-8-29(27)40/h1-16,33-34,39-40H,17-21H2. The van der Waals surface area contributed by atoms with Gasteiger partial charge < -0.3 is 15.1 Å². The lowest BCUT2D eigenvalue weighted by molar-refractivity contribution is -0.116. The van der Waals surface area contributed by atoms with Gasteiger partial charge in [-0.1, -0.05) is 48.5 Å². The fraction of sp³-hybridized carbons (Fsp3) is 0.206. The average Bonchev–Trinajstić information content (AvgIpc) is 3.77. The summed E-state index contributed by atoms with van der Waals surface area (Å²) in [7, 11) is 0. The van der Waals surface area contributed by atoms with Crippen molar-refractivity contribution in [1.82, 2.24) is 4.90 Å². The first kappa shape index (κ1) is 28.4. The van der Waals surface area contributed by atoms with E-state index in [1.807, 2.05) is 72.8 Å². The van der Waals surface area contributed by atoms with Gasteiger partial charge >= 0.3 is 0 Å². The number of benzene rings is 4.